The van der Waals surface area contributed by atoms with E-state index in [1.807, 2.05) is 0 Å². The largest absolute Gasteiger partial charge is 0.317 e. The van der Waals surface area contributed by atoms with Gasteiger partial charge in [-0.25, -0.2) is 0 Å². The Kier molecular flexibility index (Phi) is 4.16. The number of piperidine rings is 1. The topological polar surface area (TPSA) is 51.8 Å². The quantitative estimate of drug-likeness (QED) is 0.846. The standard InChI is InChI=1S/C18H28N6/c1-13-10-14(2)24(21-13)11-16-6-4-5-9-23(16)12-17-19-20-18(22(17)3)15-7-8-15/h10,15-16H,4-9,11-12H2,1-3H3/t16-/m0/s1. The molecule has 0 aromatic carbocycles. The van der Waals surface area contributed by atoms with E-state index in [1.54, 1.807) is 0 Å². The Morgan fingerprint density at radius 2 is 1.96 bits per heavy atom. The second-order valence-corrected chi connectivity index (χ2v) is 7.54. The number of aryl methyl sites for hydroxylation is 2. The van der Waals surface area contributed by atoms with E-state index in [0.29, 0.717) is 12.0 Å². The lowest BCUT2D eigenvalue weighted by atomic mass is 10.0. The summed E-state index contributed by atoms with van der Waals surface area (Å²) in [5.41, 5.74) is 2.37. The minimum atomic E-state index is 0.540. The van der Waals surface area contributed by atoms with Crippen molar-refractivity contribution in [3.8, 4) is 0 Å². The molecule has 24 heavy (non-hydrogen) atoms. The lowest BCUT2D eigenvalue weighted by Crippen LogP contribution is -2.42. The van der Waals surface area contributed by atoms with Crippen LogP contribution in [0.1, 0.15) is 61.1 Å². The normalized spacial score (nSPS) is 22.2. The SMILES string of the molecule is Cc1cc(C)n(C[C@@H]2CCCCN2Cc2nnc(C3CC3)n2C)n1. The highest BCUT2D eigenvalue weighted by atomic mass is 15.3. The van der Waals surface area contributed by atoms with Gasteiger partial charge >= 0.3 is 0 Å². The monoisotopic (exact) mass is 328 g/mol. The summed E-state index contributed by atoms with van der Waals surface area (Å²) in [6.07, 6.45) is 6.38. The Morgan fingerprint density at radius 3 is 2.67 bits per heavy atom. The van der Waals surface area contributed by atoms with Crippen LogP contribution in [0.4, 0.5) is 0 Å². The molecule has 0 unspecified atom stereocenters. The van der Waals surface area contributed by atoms with Crippen molar-refractivity contribution in [1.82, 2.24) is 29.4 Å². The van der Waals surface area contributed by atoms with Gasteiger partial charge in [-0.1, -0.05) is 6.42 Å². The van der Waals surface area contributed by atoms with Crippen LogP contribution < -0.4 is 0 Å². The van der Waals surface area contributed by atoms with Gasteiger partial charge in [-0.05, 0) is 52.1 Å². The van der Waals surface area contributed by atoms with Crippen LogP contribution in [0.5, 0.6) is 0 Å². The van der Waals surface area contributed by atoms with Crippen molar-refractivity contribution in [2.45, 2.75) is 71.0 Å². The van der Waals surface area contributed by atoms with Gasteiger partial charge in [0.1, 0.15) is 11.6 Å². The van der Waals surface area contributed by atoms with Crippen LogP contribution in [0.2, 0.25) is 0 Å². The van der Waals surface area contributed by atoms with E-state index in [2.05, 4.69) is 56.4 Å². The molecule has 6 nitrogen and oxygen atoms in total. The first-order valence-electron chi connectivity index (χ1n) is 9.25. The lowest BCUT2D eigenvalue weighted by molar-refractivity contribution is 0.117. The first kappa shape index (κ1) is 15.8. The average Bonchev–Trinajstić information content (AvgIpc) is 3.26. The molecule has 0 spiro atoms. The molecule has 3 heterocycles. The fourth-order valence-corrected chi connectivity index (χ4v) is 3.93. The summed E-state index contributed by atoms with van der Waals surface area (Å²) in [5, 5.41) is 13.6. The predicted octanol–water partition coefficient (Wildman–Crippen LogP) is 2.56. The molecule has 0 amide bonds. The van der Waals surface area contributed by atoms with Crippen molar-refractivity contribution in [2.24, 2.45) is 7.05 Å². The maximum Gasteiger partial charge on any atom is 0.146 e. The highest BCUT2D eigenvalue weighted by Gasteiger charge is 2.30. The van der Waals surface area contributed by atoms with Gasteiger partial charge in [0.2, 0.25) is 0 Å². The molecule has 4 rings (SSSR count). The molecule has 1 saturated heterocycles. The molecule has 1 atom stereocenters. The van der Waals surface area contributed by atoms with E-state index in [1.165, 1.54) is 43.6 Å². The second kappa shape index (κ2) is 6.31. The molecule has 2 fully saturated rings. The van der Waals surface area contributed by atoms with Gasteiger partial charge in [0.25, 0.3) is 0 Å². The van der Waals surface area contributed by atoms with Crippen molar-refractivity contribution in [3.63, 3.8) is 0 Å². The highest BCUT2D eigenvalue weighted by molar-refractivity contribution is 5.08. The zero-order valence-corrected chi connectivity index (χ0v) is 15.1. The fraction of sp³-hybridized carbons (Fsp3) is 0.722. The molecule has 2 aromatic heterocycles. The van der Waals surface area contributed by atoms with E-state index >= 15 is 0 Å². The van der Waals surface area contributed by atoms with Gasteiger partial charge in [0.05, 0.1) is 18.8 Å². The van der Waals surface area contributed by atoms with Crippen molar-refractivity contribution < 1.29 is 0 Å². The molecule has 2 aromatic rings. The summed E-state index contributed by atoms with van der Waals surface area (Å²) in [7, 11) is 2.13. The summed E-state index contributed by atoms with van der Waals surface area (Å²) < 4.78 is 4.40. The van der Waals surface area contributed by atoms with E-state index < -0.39 is 0 Å². The van der Waals surface area contributed by atoms with E-state index in [9.17, 15) is 0 Å². The molecule has 130 valence electrons. The Morgan fingerprint density at radius 1 is 1.12 bits per heavy atom. The third-order valence-corrected chi connectivity index (χ3v) is 5.52. The second-order valence-electron chi connectivity index (χ2n) is 7.54. The Bertz CT molecular complexity index is 711. The van der Waals surface area contributed by atoms with Crippen molar-refractivity contribution >= 4 is 0 Å². The van der Waals surface area contributed by atoms with Gasteiger partial charge in [0.15, 0.2) is 0 Å². The van der Waals surface area contributed by atoms with Crippen LogP contribution in [0.15, 0.2) is 6.07 Å². The Balaban J connectivity index is 1.48. The highest BCUT2D eigenvalue weighted by Crippen LogP contribution is 2.38. The number of hydrogen-bond donors (Lipinski definition) is 0. The van der Waals surface area contributed by atoms with E-state index in [0.717, 1.165) is 31.2 Å². The molecule has 2 aliphatic rings. The summed E-state index contributed by atoms with van der Waals surface area (Å²) in [5.74, 6) is 2.94. The number of nitrogens with zero attached hydrogens (tertiary/aromatic N) is 6. The van der Waals surface area contributed by atoms with Crippen LogP contribution >= 0.6 is 0 Å². The van der Waals surface area contributed by atoms with Gasteiger partial charge in [-0.15, -0.1) is 10.2 Å². The van der Waals surface area contributed by atoms with Crippen LogP contribution in [0.3, 0.4) is 0 Å². The number of aromatic nitrogens is 5. The Hall–Kier alpha value is -1.69. The number of likely N-dealkylation sites (tertiary alicyclic amines) is 1. The molecule has 6 heteroatoms. The first-order chi connectivity index (χ1) is 11.6. The van der Waals surface area contributed by atoms with Crippen LogP contribution in [0.25, 0.3) is 0 Å². The number of rotatable bonds is 5. The van der Waals surface area contributed by atoms with Crippen LogP contribution in [-0.4, -0.2) is 42.0 Å². The smallest absolute Gasteiger partial charge is 0.146 e. The summed E-state index contributed by atoms with van der Waals surface area (Å²) in [6.45, 7) is 7.25. The molecule has 1 saturated carbocycles. The molecular weight excluding hydrogens is 300 g/mol. The zero-order chi connectivity index (χ0) is 16.7. The van der Waals surface area contributed by atoms with E-state index in [-0.39, 0.29) is 0 Å². The number of hydrogen-bond acceptors (Lipinski definition) is 4. The lowest BCUT2D eigenvalue weighted by Gasteiger charge is -2.35. The molecule has 0 radical (unpaired) electrons. The molecule has 1 aliphatic carbocycles. The predicted molar refractivity (Wildman–Crippen MR) is 92.7 cm³/mol. The molecule has 0 N–H and O–H groups in total. The first-order valence-corrected chi connectivity index (χ1v) is 9.25. The average molecular weight is 328 g/mol. The van der Waals surface area contributed by atoms with Gasteiger partial charge in [0, 0.05) is 24.7 Å². The summed E-state index contributed by atoms with van der Waals surface area (Å²) in [6, 6.07) is 2.70. The third kappa shape index (κ3) is 3.11. The van der Waals surface area contributed by atoms with Crippen molar-refractivity contribution in [1.29, 1.82) is 0 Å². The van der Waals surface area contributed by atoms with Crippen molar-refractivity contribution in [2.75, 3.05) is 6.54 Å². The minimum Gasteiger partial charge on any atom is -0.317 e. The third-order valence-electron chi connectivity index (χ3n) is 5.52. The molecule has 1 aliphatic heterocycles. The summed E-state index contributed by atoms with van der Waals surface area (Å²) in [4.78, 5) is 2.58. The van der Waals surface area contributed by atoms with Crippen LogP contribution in [-0.2, 0) is 20.1 Å². The van der Waals surface area contributed by atoms with Crippen LogP contribution in [0, 0.1) is 13.8 Å². The maximum absolute atomic E-state index is 4.66. The van der Waals surface area contributed by atoms with Gasteiger partial charge in [-0.3, -0.25) is 9.58 Å². The Labute approximate surface area is 143 Å². The van der Waals surface area contributed by atoms with Crippen molar-refractivity contribution in [3.05, 3.63) is 29.1 Å². The zero-order valence-electron chi connectivity index (χ0n) is 15.1. The summed E-state index contributed by atoms with van der Waals surface area (Å²) >= 11 is 0. The van der Waals surface area contributed by atoms with Gasteiger partial charge in [-0.2, -0.15) is 5.10 Å². The maximum atomic E-state index is 4.66. The fourth-order valence-electron chi connectivity index (χ4n) is 3.93. The minimum absolute atomic E-state index is 0.540. The van der Waals surface area contributed by atoms with E-state index in [4.69, 9.17) is 0 Å². The van der Waals surface area contributed by atoms with Gasteiger partial charge < -0.3 is 4.57 Å². The molecular formula is C18H28N6. The molecule has 0 bridgehead atoms.